The zero-order valence-corrected chi connectivity index (χ0v) is 17.6. The summed E-state index contributed by atoms with van der Waals surface area (Å²) >= 11 is -0.473. The lowest BCUT2D eigenvalue weighted by atomic mass is 10.3. The van der Waals surface area contributed by atoms with E-state index in [-0.39, 0.29) is 0 Å². The van der Waals surface area contributed by atoms with Crippen LogP contribution >= 0.6 is 12.3 Å². The molecule has 2 aromatic carbocycles. The van der Waals surface area contributed by atoms with Gasteiger partial charge in [-0.05, 0) is 12.1 Å². The summed E-state index contributed by atoms with van der Waals surface area (Å²) < 4.78 is 75.4. The molecule has 0 amide bonds. The molecule has 2 aromatic rings. The van der Waals surface area contributed by atoms with E-state index in [2.05, 4.69) is 8.57 Å². The SMILES string of the molecule is O=[N+]([O-])c1ccc(S(=O)(=O)[O-])c([N+](=O)OSO[N+](=O)c2ccc(S(=O)(=O)[O-])c([N+](=O)[O-])c2)c1. The molecule has 0 aliphatic carbocycles. The van der Waals surface area contributed by atoms with Gasteiger partial charge in [0, 0.05) is 12.1 Å². The first-order valence-corrected chi connectivity index (χ1v) is 11.1. The van der Waals surface area contributed by atoms with E-state index in [1.54, 1.807) is 0 Å². The molecule has 0 saturated heterocycles. The average molecular weight is 526 g/mol. The van der Waals surface area contributed by atoms with Crippen molar-refractivity contribution in [3.05, 3.63) is 66.4 Å². The molecule has 0 aliphatic rings. The molecule has 21 heteroatoms. The Kier molecular flexibility index (Phi) is 7.23. The molecule has 0 bridgehead atoms. The Hall–Kier alpha value is -3.79. The first-order valence-electron chi connectivity index (χ1n) is 7.57. The minimum absolute atomic E-state index is 0.357. The van der Waals surface area contributed by atoms with E-state index >= 15 is 0 Å². The van der Waals surface area contributed by atoms with Gasteiger partial charge in [-0.15, -0.1) is 0 Å². The molecular formula is C12H6N4O14S3. The van der Waals surface area contributed by atoms with E-state index < -0.39 is 84.8 Å². The van der Waals surface area contributed by atoms with Gasteiger partial charge in [-0.2, -0.15) is 0 Å². The van der Waals surface area contributed by atoms with Crippen molar-refractivity contribution >= 4 is 55.3 Å². The molecule has 0 atom stereocenters. The average Bonchev–Trinajstić information content (AvgIpc) is 2.71. The summed E-state index contributed by atoms with van der Waals surface area (Å²) in [5.74, 6) is 0. The van der Waals surface area contributed by atoms with Crippen LogP contribution in [0.15, 0.2) is 46.2 Å². The second-order valence-electron chi connectivity index (χ2n) is 5.46. The van der Waals surface area contributed by atoms with Crippen LogP contribution < -0.4 is 0 Å². The lowest BCUT2D eigenvalue weighted by Gasteiger charge is -2.06. The molecule has 0 aliphatic heterocycles. The lowest BCUT2D eigenvalue weighted by Crippen LogP contribution is -2.08. The smallest absolute Gasteiger partial charge is 0.451 e. The fourth-order valence-corrected chi connectivity index (χ4v) is 3.65. The predicted octanol–water partition coefficient (Wildman–Crippen LogP) is 1.26. The van der Waals surface area contributed by atoms with Crippen LogP contribution in [0.4, 0.5) is 22.7 Å². The highest BCUT2D eigenvalue weighted by atomic mass is 32.2. The number of non-ortho nitro benzene ring substituents is 1. The number of nitrogens with zero attached hydrogens (tertiary/aromatic N) is 4. The minimum atomic E-state index is -5.29. The van der Waals surface area contributed by atoms with Crippen molar-refractivity contribution in [2.75, 3.05) is 0 Å². The molecule has 2 rings (SSSR count). The molecular weight excluding hydrogens is 520 g/mol. The second kappa shape index (κ2) is 9.37. The minimum Gasteiger partial charge on any atom is -0.744 e. The number of benzene rings is 2. The third-order valence-electron chi connectivity index (χ3n) is 3.44. The van der Waals surface area contributed by atoms with Crippen LogP contribution in [0.25, 0.3) is 0 Å². The normalized spacial score (nSPS) is 11.5. The monoisotopic (exact) mass is 526 g/mol. The molecule has 0 radical (unpaired) electrons. The predicted molar refractivity (Wildman–Crippen MR) is 98.5 cm³/mol. The fraction of sp³-hybridized carbons (Fsp3) is 0. The van der Waals surface area contributed by atoms with Gasteiger partial charge in [-0.1, -0.05) is 8.57 Å². The number of nitro benzene ring substituents is 2. The largest absolute Gasteiger partial charge is 0.744 e. The van der Waals surface area contributed by atoms with Crippen molar-refractivity contribution in [3.8, 4) is 0 Å². The van der Waals surface area contributed by atoms with Gasteiger partial charge in [0.15, 0.2) is 0 Å². The third-order valence-corrected chi connectivity index (χ3v) is 5.60. The molecule has 0 unspecified atom stereocenters. The van der Waals surface area contributed by atoms with Gasteiger partial charge in [0.2, 0.25) is 0 Å². The zero-order valence-electron chi connectivity index (χ0n) is 15.2. The van der Waals surface area contributed by atoms with Crippen molar-refractivity contribution in [2.45, 2.75) is 9.79 Å². The highest BCUT2D eigenvalue weighted by Gasteiger charge is 2.33. The summed E-state index contributed by atoms with van der Waals surface area (Å²) in [7, 11) is -10.5. The number of hydrogen-bond donors (Lipinski definition) is 0. The first kappa shape index (κ1) is 25.5. The number of nitro groups is 2. The van der Waals surface area contributed by atoms with Crippen LogP contribution in [0.5, 0.6) is 0 Å². The van der Waals surface area contributed by atoms with E-state index in [4.69, 9.17) is 0 Å². The van der Waals surface area contributed by atoms with E-state index in [1.807, 2.05) is 0 Å². The van der Waals surface area contributed by atoms with Crippen LogP contribution in [0.3, 0.4) is 0 Å². The second-order valence-corrected chi connectivity index (χ2v) is 8.59. The van der Waals surface area contributed by atoms with Gasteiger partial charge in [0.25, 0.3) is 21.2 Å². The van der Waals surface area contributed by atoms with E-state index in [1.165, 1.54) is 0 Å². The maximum absolute atomic E-state index is 12.0. The number of hydrogen-bond acceptors (Lipinski definition) is 15. The van der Waals surface area contributed by atoms with Crippen LogP contribution in [0.2, 0.25) is 0 Å². The molecule has 176 valence electrons. The first-order chi connectivity index (χ1) is 15.1. The standard InChI is InChI=1S/C12H6N4O14S3/c17-13(18)7-1-3-12(33(26,27)28)10(5-7)16(22)30-31-29-15(21)8-2-4-11(32(23,24)25)9(6-8)14(19)20/h1-6H. The topological polar surface area (TPSA) is 259 Å². The van der Waals surface area contributed by atoms with E-state index in [0.29, 0.717) is 36.4 Å². The highest BCUT2D eigenvalue weighted by Crippen LogP contribution is 2.31. The lowest BCUT2D eigenvalue weighted by molar-refractivity contribution is -0.724. The molecule has 0 aromatic heterocycles. The van der Waals surface area contributed by atoms with Crippen LogP contribution in [0, 0.1) is 30.0 Å². The van der Waals surface area contributed by atoms with Gasteiger partial charge in [-0.3, -0.25) is 20.2 Å². The van der Waals surface area contributed by atoms with Gasteiger partial charge in [0.05, 0.1) is 31.8 Å². The fourth-order valence-electron chi connectivity index (χ4n) is 2.10. The maximum Gasteiger partial charge on any atom is 0.451 e. The Labute approximate surface area is 186 Å². The molecule has 0 fully saturated rings. The van der Waals surface area contributed by atoms with Gasteiger partial charge in [0.1, 0.15) is 30.0 Å². The summed E-state index contributed by atoms with van der Waals surface area (Å²) in [4.78, 5) is 39.6. The molecule has 18 nitrogen and oxygen atoms in total. The van der Waals surface area contributed by atoms with Crippen molar-refractivity contribution in [1.29, 1.82) is 0 Å². The maximum atomic E-state index is 12.0. The summed E-state index contributed by atoms with van der Waals surface area (Å²) in [6, 6.07) is 2.94. The van der Waals surface area contributed by atoms with Crippen molar-refractivity contribution in [1.82, 2.24) is 0 Å². The number of rotatable bonds is 10. The van der Waals surface area contributed by atoms with Crippen molar-refractivity contribution < 1.29 is 54.2 Å². The quantitative estimate of drug-likeness (QED) is 0.182. The summed E-state index contributed by atoms with van der Waals surface area (Å²) in [5, 5.41) is 21.7. The third kappa shape index (κ3) is 6.13. The molecule has 0 spiro atoms. The van der Waals surface area contributed by atoms with Gasteiger partial charge in [-0.25, -0.2) is 16.8 Å². The van der Waals surface area contributed by atoms with E-state index in [0.717, 1.165) is 0 Å². The molecule has 33 heavy (non-hydrogen) atoms. The van der Waals surface area contributed by atoms with Crippen molar-refractivity contribution in [3.63, 3.8) is 0 Å². The zero-order chi connectivity index (χ0) is 25.1. The Bertz CT molecular complexity index is 1390. The van der Waals surface area contributed by atoms with Gasteiger partial charge < -0.3 is 9.11 Å². The molecule has 0 heterocycles. The van der Waals surface area contributed by atoms with Crippen LogP contribution in [0.1, 0.15) is 0 Å². The Morgan fingerprint density at radius 3 is 1.61 bits per heavy atom. The molecule has 0 saturated carbocycles. The summed E-state index contributed by atoms with van der Waals surface area (Å²) in [6.07, 6.45) is 0. The van der Waals surface area contributed by atoms with E-state index in [9.17, 15) is 56.0 Å². The molecule has 0 N–H and O–H groups in total. The summed E-state index contributed by atoms with van der Waals surface area (Å²) in [5.41, 5.74) is -3.92. The Balaban J connectivity index is 2.21. The Morgan fingerprint density at radius 2 is 1.12 bits per heavy atom. The van der Waals surface area contributed by atoms with Crippen LogP contribution in [-0.2, 0) is 28.8 Å². The van der Waals surface area contributed by atoms with Gasteiger partial charge >= 0.3 is 23.7 Å². The van der Waals surface area contributed by atoms with Crippen LogP contribution in [-0.4, -0.2) is 45.6 Å². The van der Waals surface area contributed by atoms with Crippen molar-refractivity contribution in [2.24, 2.45) is 0 Å². The highest BCUT2D eigenvalue weighted by molar-refractivity contribution is 7.89. The summed E-state index contributed by atoms with van der Waals surface area (Å²) in [6.45, 7) is 0. The Morgan fingerprint density at radius 1 is 0.667 bits per heavy atom.